The van der Waals surface area contributed by atoms with Gasteiger partial charge in [0, 0.05) is 62.1 Å². The number of fused-ring (bicyclic) bond motifs is 1. The Labute approximate surface area is 157 Å². The zero-order valence-corrected chi connectivity index (χ0v) is 15.8. The van der Waals surface area contributed by atoms with Crippen LogP contribution in [0.4, 0.5) is 10.6 Å². The first kappa shape index (κ1) is 17.4. The third-order valence-electron chi connectivity index (χ3n) is 4.90. The lowest BCUT2D eigenvalue weighted by atomic mass is 10.2. The molecule has 1 saturated heterocycles. The highest BCUT2D eigenvalue weighted by atomic mass is 16.2. The van der Waals surface area contributed by atoms with Crippen LogP contribution in [0.1, 0.15) is 6.92 Å². The summed E-state index contributed by atoms with van der Waals surface area (Å²) in [4.78, 5) is 25.8. The van der Waals surface area contributed by atoms with Crippen LogP contribution in [-0.2, 0) is 7.05 Å². The highest BCUT2D eigenvalue weighted by Crippen LogP contribution is 2.22. The van der Waals surface area contributed by atoms with E-state index in [0.717, 1.165) is 35.2 Å². The van der Waals surface area contributed by atoms with E-state index in [1.165, 1.54) is 0 Å². The number of aryl methyl sites for hydroxylation is 1. The van der Waals surface area contributed by atoms with Crippen LogP contribution in [0, 0.1) is 0 Å². The van der Waals surface area contributed by atoms with Gasteiger partial charge in [0.2, 0.25) is 0 Å². The predicted octanol–water partition coefficient (Wildman–Crippen LogP) is 2.20. The zero-order chi connectivity index (χ0) is 19.0. The molecule has 2 amide bonds. The number of nitrogens with zero attached hydrogens (tertiary/aromatic N) is 6. The van der Waals surface area contributed by atoms with Gasteiger partial charge in [0.15, 0.2) is 0 Å². The SMILES string of the molecule is CC1CN(C)CCN1C(=O)Nc1cc2nc(-c3cnn(C)c3)ccc2cn1. The Hall–Kier alpha value is -3.00. The van der Waals surface area contributed by atoms with Crippen LogP contribution in [0.2, 0.25) is 0 Å². The third-order valence-corrected chi connectivity index (χ3v) is 4.90. The van der Waals surface area contributed by atoms with Gasteiger partial charge in [-0.2, -0.15) is 5.10 Å². The van der Waals surface area contributed by atoms with Gasteiger partial charge in [-0.25, -0.2) is 14.8 Å². The van der Waals surface area contributed by atoms with Crippen molar-refractivity contribution in [2.75, 3.05) is 32.0 Å². The van der Waals surface area contributed by atoms with Crippen molar-refractivity contribution in [2.45, 2.75) is 13.0 Å². The number of piperazine rings is 1. The standard InChI is InChI=1S/C19H23N7O/c1-13-11-24(2)6-7-26(13)19(27)23-18-8-17-14(9-20-18)4-5-16(22-17)15-10-21-25(3)12-15/h4-5,8-10,12-13H,6-7,11H2,1-3H3,(H,20,23,27). The van der Waals surface area contributed by atoms with Gasteiger partial charge in [-0.1, -0.05) is 0 Å². The van der Waals surface area contributed by atoms with Crippen LogP contribution < -0.4 is 5.32 Å². The van der Waals surface area contributed by atoms with Gasteiger partial charge < -0.3 is 9.80 Å². The van der Waals surface area contributed by atoms with Gasteiger partial charge in [-0.3, -0.25) is 10.00 Å². The van der Waals surface area contributed by atoms with Gasteiger partial charge in [0.1, 0.15) is 5.82 Å². The van der Waals surface area contributed by atoms with Crippen molar-refractivity contribution >= 4 is 22.8 Å². The summed E-state index contributed by atoms with van der Waals surface area (Å²) in [6.45, 7) is 4.51. The molecule has 0 saturated carbocycles. The molecule has 4 rings (SSSR count). The van der Waals surface area contributed by atoms with Crippen LogP contribution in [0.25, 0.3) is 22.2 Å². The normalized spacial score (nSPS) is 18.0. The molecule has 1 aliphatic heterocycles. The Morgan fingerprint density at radius 3 is 2.81 bits per heavy atom. The number of hydrogen-bond acceptors (Lipinski definition) is 5. The molecule has 27 heavy (non-hydrogen) atoms. The minimum atomic E-state index is -0.120. The van der Waals surface area contributed by atoms with E-state index in [0.29, 0.717) is 12.4 Å². The summed E-state index contributed by atoms with van der Waals surface area (Å²) in [6, 6.07) is 5.79. The quantitative estimate of drug-likeness (QED) is 0.753. The maximum atomic E-state index is 12.6. The van der Waals surface area contributed by atoms with E-state index in [1.54, 1.807) is 17.1 Å². The number of likely N-dealkylation sites (N-methyl/N-ethyl adjacent to an activating group) is 1. The second-order valence-corrected chi connectivity index (χ2v) is 7.10. The Kier molecular flexibility index (Phi) is 4.49. The van der Waals surface area contributed by atoms with Gasteiger partial charge in [0.25, 0.3) is 0 Å². The smallest absolute Gasteiger partial charge is 0.319 e. The predicted molar refractivity (Wildman–Crippen MR) is 104 cm³/mol. The number of amides is 2. The number of hydrogen-bond donors (Lipinski definition) is 1. The average molecular weight is 365 g/mol. The molecule has 0 radical (unpaired) electrons. The van der Waals surface area contributed by atoms with Crippen LogP contribution in [-0.4, -0.2) is 68.3 Å². The molecule has 0 spiro atoms. The molecule has 3 aromatic heterocycles. The number of carbonyl (C=O) groups excluding carboxylic acids is 1. The Bertz CT molecular complexity index is 983. The maximum absolute atomic E-state index is 12.6. The molecule has 8 nitrogen and oxygen atoms in total. The molecule has 0 bridgehead atoms. The van der Waals surface area contributed by atoms with Crippen molar-refractivity contribution in [3.05, 3.63) is 36.8 Å². The van der Waals surface area contributed by atoms with Crippen LogP contribution in [0.3, 0.4) is 0 Å². The first-order valence-electron chi connectivity index (χ1n) is 9.01. The Morgan fingerprint density at radius 1 is 1.22 bits per heavy atom. The average Bonchev–Trinajstić information content (AvgIpc) is 3.07. The largest absolute Gasteiger partial charge is 0.323 e. The molecule has 1 fully saturated rings. The van der Waals surface area contributed by atoms with Crippen LogP contribution >= 0.6 is 0 Å². The lowest BCUT2D eigenvalue weighted by molar-refractivity contribution is 0.125. The molecule has 1 N–H and O–H groups in total. The van der Waals surface area contributed by atoms with E-state index >= 15 is 0 Å². The summed E-state index contributed by atoms with van der Waals surface area (Å²) in [5, 5.41) is 8.03. The van der Waals surface area contributed by atoms with E-state index in [-0.39, 0.29) is 12.1 Å². The van der Waals surface area contributed by atoms with E-state index < -0.39 is 0 Å². The fourth-order valence-corrected chi connectivity index (χ4v) is 3.42. The van der Waals surface area contributed by atoms with Crippen molar-refractivity contribution in [2.24, 2.45) is 7.05 Å². The van der Waals surface area contributed by atoms with E-state index in [4.69, 9.17) is 4.98 Å². The number of pyridine rings is 2. The molecule has 140 valence electrons. The number of anilines is 1. The summed E-state index contributed by atoms with van der Waals surface area (Å²) in [7, 11) is 3.95. The Morgan fingerprint density at radius 2 is 2.07 bits per heavy atom. The van der Waals surface area contributed by atoms with E-state index in [2.05, 4.69) is 34.3 Å². The molecule has 0 aromatic carbocycles. The van der Waals surface area contributed by atoms with Crippen molar-refractivity contribution in [1.82, 2.24) is 29.5 Å². The molecule has 0 aliphatic carbocycles. The van der Waals surface area contributed by atoms with E-state index in [1.807, 2.05) is 36.3 Å². The monoisotopic (exact) mass is 365 g/mol. The first-order valence-corrected chi connectivity index (χ1v) is 9.01. The first-order chi connectivity index (χ1) is 13.0. The minimum Gasteiger partial charge on any atom is -0.319 e. The zero-order valence-electron chi connectivity index (χ0n) is 15.8. The summed E-state index contributed by atoms with van der Waals surface area (Å²) in [6.07, 6.45) is 5.44. The topological polar surface area (TPSA) is 79.2 Å². The van der Waals surface area contributed by atoms with Crippen LogP contribution in [0.5, 0.6) is 0 Å². The van der Waals surface area contributed by atoms with Gasteiger partial charge in [-0.15, -0.1) is 0 Å². The number of rotatable bonds is 2. The lowest BCUT2D eigenvalue weighted by Crippen LogP contribution is -2.54. The lowest BCUT2D eigenvalue weighted by Gasteiger charge is -2.37. The van der Waals surface area contributed by atoms with E-state index in [9.17, 15) is 4.79 Å². The number of aromatic nitrogens is 4. The van der Waals surface area contributed by atoms with Crippen molar-refractivity contribution in [3.8, 4) is 11.3 Å². The maximum Gasteiger partial charge on any atom is 0.323 e. The fourth-order valence-electron chi connectivity index (χ4n) is 3.42. The van der Waals surface area contributed by atoms with Gasteiger partial charge in [-0.05, 0) is 26.1 Å². The summed E-state index contributed by atoms with van der Waals surface area (Å²) in [5.41, 5.74) is 2.58. The third kappa shape index (κ3) is 3.61. The number of carbonyl (C=O) groups is 1. The second kappa shape index (κ2) is 6.96. The minimum absolute atomic E-state index is 0.120. The molecular formula is C19H23N7O. The number of urea groups is 1. The highest BCUT2D eigenvalue weighted by Gasteiger charge is 2.25. The second-order valence-electron chi connectivity index (χ2n) is 7.10. The molecule has 1 atom stereocenters. The highest BCUT2D eigenvalue weighted by molar-refractivity contribution is 5.91. The van der Waals surface area contributed by atoms with Crippen molar-refractivity contribution < 1.29 is 4.79 Å². The van der Waals surface area contributed by atoms with Crippen LogP contribution in [0.15, 0.2) is 36.8 Å². The van der Waals surface area contributed by atoms with Crippen molar-refractivity contribution in [1.29, 1.82) is 0 Å². The molecule has 8 heteroatoms. The molecule has 3 aromatic rings. The molecular weight excluding hydrogens is 342 g/mol. The van der Waals surface area contributed by atoms with Crippen molar-refractivity contribution in [3.63, 3.8) is 0 Å². The molecule has 4 heterocycles. The molecule has 1 aliphatic rings. The number of nitrogens with one attached hydrogen (secondary N) is 1. The van der Waals surface area contributed by atoms with Gasteiger partial charge in [0.05, 0.1) is 17.4 Å². The summed E-state index contributed by atoms with van der Waals surface area (Å²) >= 11 is 0. The molecule has 1 unspecified atom stereocenters. The summed E-state index contributed by atoms with van der Waals surface area (Å²) in [5.74, 6) is 0.509. The fraction of sp³-hybridized carbons (Fsp3) is 0.368. The summed E-state index contributed by atoms with van der Waals surface area (Å²) < 4.78 is 1.75. The Balaban J connectivity index is 1.56. The van der Waals surface area contributed by atoms with Gasteiger partial charge >= 0.3 is 6.03 Å².